The third-order valence-electron chi connectivity index (χ3n) is 5.97. The number of rotatable bonds is 3. The molecule has 0 aromatic heterocycles. The van der Waals surface area contributed by atoms with Gasteiger partial charge in [-0.2, -0.15) is 5.26 Å². The van der Waals surface area contributed by atoms with Crippen LogP contribution in [0.4, 0.5) is 0 Å². The predicted octanol–water partition coefficient (Wildman–Crippen LogP) is 6.96. The molecule has 0 N–H and O–H groups in total. The van der Waals surface area contributed by atoms with Gasteiger partial charge in [0.05, 0.1) is 29.1 Å². The first-order valence-corrected chi connectivity index (χ1v) is 11.3. The summed E-state index contributed by atoms with van der Waals surface area (Å²) in [6, 6.07) is 19.0. The highest BCUT2D eigenvalue weighted by Crippen LogP contribution is 2.30. The van der Waals surface area contributed by atoms with Crippen LogP contribution in [0.15, 0.2) is 70.8 Å². The van der Waals surface area contributed by atoms with E-state index in [-0.39, 0.29) is 6.04 Å². The van der Waals surface area contributed by atoms with E-state index in [4.69, 9.17) is 9.98 Å². The first-order chi connectivity index (χ1) is 15.7. The molecule has 4 rings (SSSR count). The monoisotopic (exact) mass is 431 g/mol. The van der Waals surface area contributed by atoms with Crippen molar-refractivity contribution in [2.45, 2.75) is 47.6 Å². The van der Waals surface area contributed by atoms with Crippen molar-refractivity contribution in [1.82, 2.24) is 0 Å². The van der Waals surface area contributed by atoms with Crippen LogP contribution in [0.25, 0.3) is 0 Å². The number of nitrogens with zero attached hydrogens (tertiary/aromatic N) is 3. The molecule has 1 unspecified atom stereocenters. The fourth-order valence-electron chi connectivity index (χ4n) is 4.82. The van der Waals surface area contributed by atoms with Gasteiger partial charge in [-0.15, -0.1) is 0 Å². The van der Waals surface area contributed by atoms with Gasteiger partial charge in [-0.3, -0.25) is 9.98 Å². The van der Waals surface area contributed by atoms with E-state index in [9.17, 15) is 5.26 Å². The molecule has 0 saturated carbocycles. The average molecular weight is 432 g/mol. The van der Waals surface area contributed by atoms with Crippen molar-refractivity contribution < 1.29 is 0 Å². The zero-order valence-electron chi connectivity index (χ0n) is 20.2. The van der Waals surface area contributed by atoms with Crippen LogP contribution in [-0.2, 0) is 0 Å². The maximum atomic E-state index is 9.37. The molecule has 3 heteroatoms. The van der Waals surface area contributed by atoms with Crippen molar-refractivity contribution in [3.63, 3.8) is 0 Å². The van der Waals surface area contributed by atoms with Crippen LogP contribution in [0.5, 0.6) is 0 Å². The maximum absolute atomic E-state index is 9.37. The second-order valence-corrected chi connectivity index (χ2v) is 9.13. The lowest BCUT2D eigenvalue weighted by atomic mass is 9.92. The van der Waals surface area contributed by atoms with Crippen molar-refractivity contribution >= 4 is 11.4 Å². The van der Waals surface area contributed by atoms with Gasteiger partial charge in [-0.25, -0.2) is 0 Å². The highest BCUT2D eigenvalue weighted by atomic mass is 14.9. The standard InChI is InChI=1S/C30H29N3/c1-18-9-19(2)12-25(11-18)29-30(26-13-20(3)10-21(4)14-26)33-27(7-8-32-29)28-22(5)15-24(17-31)16-23(28)6/h7-16,27H,1-6H3. The Bertz CT molecular complexity index is 1320. The maximum Gasteiger partial charge on any atom is 0.0991 e. The van der Waals surface area contributed by atoms with E-state index in [1.54, 1.807) is 0 Å². The first kappa shape index (κ1) is 22.4. The van der Waals surface area contributed by atoms with Crippen LogP contribution in [0.3, 0.4) is 0 Å². The minimum Gasteiger partial charge on any atom is -0.270 e. The Morgan fingerprint density at radius 3 is 1.64 bits per heavy atom. The van der Waals surface area contributed by atoms with Crippen LogP contribution in [-0.4, -0.2) is 11.4 Å². The summed E-state index contributed by atoms with van der Waals surface area (Å²) in [5.74, 6) is 0. The van der Waals surface area contributed by atoms with E-state index in [1.807, 2.05) is 18.3 Å². The zero-order chi connectivity index (χ0) is 23.7. The van der Waals surface area contributed by atoms with Crippen molar-refractivity contribution in [3.05, 3.63) is 116 Å². The first-order valence-electron chi connectivity index (χ1n) is 11.3. The van der Waals surface area contributed by atoms with Crippen molar-refractivity contribution in [2.24, 2.45) is 9.98 Å². The van der Waals surface area contributed by atoms with Crippen LogP contribution in [0, 0.1) is 52.9 Å². The molecule has 1 atom stereocenters. The van der Waals surface area contributed by atoms with E-state index in [0.29, 0.717) is 5.56 Å². The summed E-state index contributed by atoms with van der Waals surface area (Å²) in [7, 11) is 0. The topological polar surface area (TPSA) is 48.5 Å². The lowest BCUT2D eigenvalue weighted by Crippen LogP contribution is -2.18. The van der Waals surface area contributed by atoms with E-state index >= 15 is 0 Å². The van der Waals surface area contributed by atoms with Gasteiger partial charge in [0.15, 0.2) is 0 Å². The summed E-state index contributed by atoms with van der Waals surface area (Å²) in [5.41, 5.74) is 12.7. The summed E-state index contributed by atoms with van der Waals surface area (Å²) < 4.78 is 0. The molecule has 1 heterocycles. The predicted molar refractivity (Wildman–Crippen MR) is 137 cm³/mol. The smallest absolute Gasteiger partial charge is 0.0991 e. The summed E-state index contributed by atoms with van der Waals surface area (Å²) >= 11 is 0. The molecule has 0 fully saturated rings. The molecule has 3 aromatic carbocycles. The quantitative estimate of drug-likeness (QED) is 0.442. The second-order valence-electron chi connectivity index (χ2n) is 9.13. The molecule has 0 saturated heterocycles. The highest BCUT2D eigenvalue weighted by molar-refractivity contribution is 6.53. The Labute approximate surface area is 196 Å². The highest BCUT2D eigenvalue weighted by Gasteiger charge is 2.22. The minimum absolute atomic E-state index is 0.180. The van der Waals surface area contributed by atoms with E-state index in [1.165, 1.54) is 22.3 Å². The summed E-state index contributed by atoms with van der Waals surface area (Å²) in [5, 5.41) is 9.37. The zero-order valence-corrected chi connectivity index (χ0v) is 20.2. The van der Waals surface area contributed by atoms with E-state index in [0.717, 1.165) is 39.2 Å². The number of benzene rings is 3. The Morgan fingerprint density at radius 1 is 0.667 bits per heavy atom. The summed E-state index contributed by atoms with van der Waals surface area (Å²) in [4.78, 5) is 10.2. The molecular weight excluding hydrogens is 402 g/mol. The number of hydrogen-bond donors (Lipinski definition) is 0. The molecule has 1 aliphatic heterocycles. The Hall–Kier alpha value is -3.77. The van der Waals surface area contributed by atoms with Gasteiger partial charge < -0.3 is 0 Å². The van der Waals surface area contributed by atoms with Gasteiger partial charge in [-0.1, -0.05) is 34.4 Å². The molecular formula is C30H29N3. The van der Waals surface area contributed by atoms with Gasteiger partial charge in [0.1, 0.15) is 0 Å². The van der Waals surface area contributed by atoms with Crippen molar-refractivity contribution in [3.8, 4) is 6.07 Å². The van der Waals surface area contributed by atoms with Crippen molar-refractivity contribution in [2.75, 3.05) is 0 Å². The molecule has 164 valence electrons. The summed E-state index contributed by atoms with van der Waals surface area (Å²) in [6.45, 7) is 12.6. The molecule has 1 aliphatic rings. The molecule has 33 heavy (non-hydrogen) atoms. The molecule has 0 aliphatic carbocycles. The van der Waals surface area contributed by atoms with Gasteiger partial charge in [0.25, 0.3) is 0 Å². The Morgan fingerprint density at radius 2 is 1.15 bits per heavy atom. The molecule has 3 nitrogen and oxygen atoms in total. The molecule has 0 bridgehead atoms. The minimum atomic E-state index is -0.180. The van der Waals surface area contributed by atoms with Gasteiger partial charge in [0.2, 0.25) is 0 Å². The summed E-state index contributed by atoms with van der Waals surface area (Å²) in [6.07, 6.45) is 3.94. The molecule has 0 spiro atoms. The van der Waals surface area contributed by atoms with Gasteiger partial charge in [0, 0.05) is 17.3 Å². The second kappa shape index (κ2) is 9.00. The lowest BCUT2D eigenvalue weighted by molar-refractivity contribution is 0.890. The fraction of sp³-hybridized carbons (Fsp3) is 0.233. The molecule has 3 aromatic rings. The molecule has 0 radical (unpaired) electrons. The Kier molecular flexibility index (Phi) is 6.11. The average Bonchev–Trinajstić information content (AvgIpc) is 2.95. The fourth-order valence-corrected chi connectivity index (χ4v) is 4.82. The number of nitriles is 1. The van der Waals surface area contributed by atoms with Gasteiger partial charge >= 0.3 is 0 Å². The number of aliphatic imine (C=N–C) groups is 2. The van der Waals surface area contributed by atoms with Crippen LogP contribution in [0.1, 0.15) is 61.7 Å². The van der Waals surface area contributed by atoms with E-state index < -0.39 is 0 Å². The van der Waals surface area contributed by atoms with Crippen LogP contribution in [0.2, 0.25) is 0 Å². The third kappa shape index (κ3) is 4.71. The largest absolute Gasteiger partial charge is 0.270 e. The number of aryl methyl sites for hydroxylation is 6. The SMILES string of the molecule is Cc1cc(C)cc(C2=NC=CC(c3c(C)cc(C#N)cc3C)N=C2c2cc(C)cc(C)c2)c1. The number of hydrogen-bond acceptors (Lipinski definition) is 3. The normalized spacial score (nSPS) is 15.5. The molecule has 0 amide bonds. The third-order valence-corrected chi connectivity index (χ3v) is 5.97. The lowest BCUT2D eigenvalue weighted by Gasteiger charge is -2.18. The van der Waals surface area contributed by atoms with Crippen LogP contribution >= 0.6 is 0 Å². The Balaban J connectivity index is 1.95. The van der Waals surface area contributed by atoms with Crippen LogP contribution < -0.4 is 0 Å². The van der Waals surface area contributed by atoms with E-state index in [2.05, 4.69) is 90.1 Å². The van der Waals surface area contributed by atoms with Gasteiger partial charge in [-0.05, 0) is 101 Å². The van der Waals surface area contributed by atoms with Crippen molar-refractivity contribution in [1.29, 1.82) is 5.26 Å².